The van der Waals surface area contributed by atoms with Gasteiger partial charge in [-0.1, -0.05) is 17.8 Å². The quantitative estimate of drug-likeness (QED) is 0.363. The van der Waals surface area contributed by atoms with Crippen LogP contribution in [0.25, 0.3) is 5.69 Å². The fourth-order valence-corrected chi connectivity index (χ4v) is 6.50. The number of benzene rings is 1. The summed E-state index contributed by atoms with van der Waals surface area (Å²) in [4.78, 5) is 22.4. The standard InChI is InChI=1S/C23H21N3O2S3/c1-28-17-6-4-16(5-7-17)25-12-10-24-23(25)31-15-21(27)26-11-8-19-18(9-14-30-19)22(26)20-3-2-13-29-20/h2-7,9-10,12-14,22H,8,11,15H2,1H3. The van der Waals surface area contributed by atoms with Crippen LogP contribution in [-0.2, 0) is 11.2 Å². The fourth-order valence-electron chi connectivity index (χ4n) is 3.88. The second-order valence-electron chi connectivity index (χ2n) is 7.12. The Morgan fingerprint density at radius 3 is 2.84 bits per heavy atom. The molecule has 0 saturated carbocycles. The predicted molar refractivity (Wildman–Crippen MR) is 127 cm³/mol. The van der Waals surface area contributed by atoms with Crippen LogP contribution in [0.4, 0.5) is 0 Å². The molecule has 1 aliphatic heterocycles. The topological polar surface area (TPSA) is 47.4 Å². The summed E-state index contributed by atoms with van der Waals surface area (Å²) in [6.07, 6.45) is 4.61. The van der Waals surface area contributed by atoms with Crippen LogP contribution >= 0.6 is 34.4 Å². The Kier molecular flexibility index (Phi) is 5.85. The Bertz CT molecular complexity index is 1170. The number of fused-ring (bicyclic) bond motifs is 1. The maximum Gasteiger partial charge on any atom is 0.233 e. The lowest BCUT2D eigenvalue weighted by Gasteiger charge is -2.35. The first-order chi connectivity index (χ1) is 15.2. The van der Waals surface area contributed by atoms with E-state index in [1.54, 1.807) is 36.0 Å². The molecule has 5 nitrogen and oxygen atoms in total. The third-order valence-electron chi connectivity index (χ3n) is 5.38. The molecule has 0 N–H and O–H groups in total. The number of carbonyl (C=O) groups is 1. The monoisotopic (exact) mass is 467 g/mol. The van der Waals surface area contributed by atoms with Gasteiger partial charge in [0.25, 0.3) is 0 Å². The SMILES string of the molecule is COc1ccc(-n2ccnc2SCC(=O)N2CCc3sccc3C2c2cccs2)cc1. The van der Waals surface area contributed by atoms with Gasteiger partial charge in [0.2, 0.25) is 5.91 Å². The highest BCUT2D eigenvalue weighted by Gasteiger charge is 2.33. The van der Waals surface area contributed by atoms with E-state index in [4.69, 9.17) is 4.74 Å². The highest BCUT2D eigenvalue weighted by molar-refractivity contribution is 7.99. The molecule has 1 atom stereocenters. The molecule has 0 radical (unpaired) electrons. The van der Waals surface area contributed by atoms with Crippen molar-refractivity contribution in [3.8, 4) is 11.4 Å². The summed E-state index contributed by atoms with van der Waals surface area (Å²) >= 11 is 4.98. The summed E-state index contributed by atoms with van der Waals surface area (Å²) in [5, 5.41) is 5.03. The van der Waals surface area contributed by atoms with Crippen LogP contribution < -0.4 is 4.74 Å². The number of aromatic nitrogens is 2. The molecule has 1 aliphatic rings. The number of methoxy groups -OCH3 is 1. The molecule has 0 spiro atoms. The Labute approximate surface area is 193 Å². The summed E-state index contributed by atoms with van der Waals surface area (Å²) < 4.78 is 7.25. The number of hydrogen-bond donors (Lipinski definition) is 0. The molecule has 4 aromatic rings. The van der Waals surface area contributed by atoms with Crippen LogP contribution in [0.5, 0.6) is 5.75 Å². The first kappa shape index (κ1) is 20.4. The largest absolute Gasteiger partial charge is 0.497 e. The number of nitrogens with zero attached hydrogens (tertiary/aromatic N) is 3. The zero-order chi connectivity index (χ0) is 21.2. The first-order valence-corrected chi connectivity index (χ1v) is 12.7. The van der Waals surface area contributed by atoms with Gasteiger partial charge in [-0.3, -0.25) is 9.36 Å². The molecular weight excluding hydrogens is 446 g/mol. The third-order valence-corrected chi connectivity index (χ3v) is 8.25. The number of thiophene rings is 2. The van der Waals surface area contributed by atoms with E-state index in [0.29, 0.717) is 5.75 Å². The van der Waals surface area contributed by atoms with E-state index in [9.17, 15) is 4.79 Å². The molecule has 3 aromatic heterocycles. The molecule has 8 heteroatoms. The molecule has 0 fully saturated rings. The molecule has 0 aliphatic carbocycles. The van der Waals surface area contributed by atoms with Crippen molar-refractivity contribution in [2.24, 2.45) is 0 Å². The second kappa shape index (κ2) is 8.90. The molecule has 31 heavy (non-hydrogen) atoms. The smallest absolute Gasteiger partial charge is 0.233 e. The minimum atomic E-state index is 0.0180. The van der Waals surface area contributed by atoms with Gasteiger partial charge in [0.05, 0.1) is 18.9 Å². The normalized spacial score (nSPS) is 15.6. The number of carbonyl (C=O) groups excluding carboxylic acids is 1. The first-order valence-electron chi connectivity index (χ1n) is 9.94. The lowest BCUT2D eigenvalue weighted by molar-refractivity contribution is -0.130. The van der Waals surface area contributed by atoms with Gasteiger partial charge >= 0.3 is 0 Å². The minimum Gasteiger partial charge on any atom is -0.497 e. The molecule has 1 amide bonds. The fraction of sp³-hybridized carbons (Fsp3) is 0.217. The van der Waals surface area contributed by atoms with Crippen molar-refractivity contribution in [2.75, 3.05) is 19.4 Å². The van der Waals surface area contributed by atoms with Gasteiger partial charge in [-0.05, 0) is 59.1 Å². The highest BCUT2D eigenvalue weighted by Crippen LogP contribution is 2.40. The van der Waals surface area contributed by atoms with Crippen LogP contribution in [0.3, 0.4) is 0 Å². The average Bonchev–Trinajstić information content (AvgIpc) is 3.58. The van der Waals surface area contributed by atoms with E-state index in [2.05, 4.69) is 33.9 Å². The van der Waals surface area contributed by atoms with Crippen molar-refractivity contribution in [2.45, 2.75) is 17.6 Å². The Balaban J connectivity index is 1.34. The molecule has 1 unspecified atom stereocenters. The minimum absolute atomic E-state index is 0.0180. The highest BCUT2D eigenvalue weighted by atomic mass is 32.2. The second-order valence-corrected chi connectivity index (χ2v) is 10.0. The van der Waals surface area contributed by atoms with Gasteiger partial charge in [0.1, 0.15) is 5.75 Å². The molecule has 1 aromatic carbocycles. The summed E-state index contributed by atoms with van der Waals surface area (Å²) in [6, 6.07) is 14.2. The van der Waals surface area contributed by atoms with Crippen LogP contribution in [0.1, 0.15) is 21.4 Å². The van der Waals surface area contributed by atoms with Crippen LogP contribution in [-0.4, -0.2) is 39.8 Å². The van der Waals surface area contributed by atoms with E-state index >= 15 is 0 Å². The average molecular weight is 468 g/mol. The van der Waals surface area contributed by atoms with Gasteiger partial charge in [0, 0.05) is 34.4 Å². The summed E-state index contributed by atoms with van der Waals surface area (Å²) in [7, 11) is 1.65. The van der Waals surface area contributed by atoms with Crippen molar-refractivity contribution in [3.05, 3.63) is 80.9 Å². The summed E-state index contributed by atoms with van der Waals surface area (Å²) in [5.74, 6) is 1.31. The molecule has 0 bridgehead atoms. The molecule has 4 heterocycles. The van der Waals surface area contributed by atoms with Crippen molar-refractivity contribution in [1.29, 1.82) is 0 Å². The maximum atomic E-state index is 13.3. The molecule has 0 saturated heterocycles. The Morgan fingerprint density at radius 2 is 2.06 bits per heavy atom. The molecule has 158 valence electrons. The van der Waals surface area contributed by atoms with Gasteiger partial charge in [-0.25, -0.2) is 4.98 Å². The van der Waals surface area contributed by atoms with E-state index < -0.39 is 0 Å². The van der Waals surface area contributed by atoms with Crippen molar-refractivity contribution in [3.63, 3.8) is 0 Å². The van der Waals surface area contributed by atoms with Gasteiger partial charge in [-0.15, -0.1) is 22.7 Å². The summed E-state index contributed by atoms with van der Waals surface area (Å²) in [5.41, 5.74) is 2.27. The number of amides is 1. The predicted octanol–water partition coefficient (Wildman–Crippen LogP) is 5.27. The van der Waals surface area contributed by atoms with E-state index in [1.807, 2.05) is 39.9 Å². The zero-order valence-electron chi connectivity index (χ0n) is 16.9. The zero-order valence-corrected chi connectivity index (χ0v) is 19.4. The van der Waals surface area contributed by atoms with Crippen LogP contribution in [0.2, 0.25) is 0 Å². The van der Waals surface area contributed by atoms with E-state index in [-0.39, 0.29) is 11.9 Å². The van der Waals surface area contributed by atoms with Crippen LogP contribution in [0, 0.1) is 0 Å². The van der Waals surface area contributed by atoms with E-state index in [1.165, 1.54) is 27.1 Å². The van der Waals surface area contributed by atoms with Crippen molar-refractivity contribution >= 4 is 40.3 Å². The van der Waals surface area contributed by atoms with Crippen molar-refractivity contribution in [1.82, 2.24) is 14.5 Å². The number of imidazole rings is 1. The van der Waals surface area contributed by atoms with Crippen LogP contribution in [0.15, 0.2) is 70.8 Å². The number of thioether (sulfide) groups is 1. The number of rotatable bonds is 6. The van der Waals surface area contributed by atoms with Gasteiger partial charge < -0.3 is 9.64 Å². The number of ether oxygens (including phenoxy) is 1. The lowest BCUT2D eigenvalue weighted by Crippen LogP contribution is -2.40. The summed E-state index contributed by atoms with van der Waals surface area (Å²) in [6.45, 7) is 0.752. The van der Waals surface area contributed by atoms with E-state index in [0.717, 1.165) is 29.6 Å². The third kappa shape index (κ3) is 4.03. The molecular formula is C23H21N3O2S3. The Morgan fingerprint density at radius 1 is 1.19 bits per heavy atom. The van der Waals surface area contributed by atoms with Gasteiger partial charge in [0.15, 0.2) is 5.16 Å². The number of hydrogen-bond acceptors (Lipinski definition) is 6. The lowest BCUT2D eigenvalue weighted by atomic mass is 9.98. The Hall–Kier alpha value is -2.55. The van der Waals surface area contributed by atoms with Gasteiger partial charge in [-0.2, -0.15) is 0 Å². The molecule has 5 rings (SSSR count). The van der Waals surface area contributed by atoms with Crippen molar-refractivity contribution < 1.29 is 9.53 Å². The maximum absolute atomic E-state index is 13.3.